The summed E-state index contributed by atoms with van der Waals surface area (Å²) < 4.78 is 5.40. The second kappa shape index (κ2) is 8.44. The zero-order valence-electron chi connectivity index (χ0n) is 15.4. The Morgan fingerprint density at radius 3 is 2.37 bits per heavy atom. The molecule has 1 aromatic carbocycles. The fourth-order valence-electron chi connectivity index (χ4n) is 2.41. The molecule has 27 heavy (non-hydrogen) atoms. The highest BCUT2D eigenvalue weighted by Gasteiger charge is 2.28. The van der Waals surface area contributed by atoms with Crippen molar-refractivity contribution in [2.45, 2.75) is 38.8 Å². The van der Waals surface area contributed by atoms with Gasteiger partial charge in [-0.2, -0.15) is 0 Å². The first-order chi connectivity index (χ1) is 12.7. The summed E-state index contributed by atoms with van der Waals surface area (Å²) in [5.41, 5.74) is -0.202. The zero-order chi connectivity index (χ0) is 20.0. The summed E-state index contributed by atoms with van der Waals surface area (Å²) >= 11 is 0. The lowest BCUT2D eigenvalue weighted by molar-refractivity contribution is -0.157. The molecule has 1 amide bonds. The van der Waals surface area contributed by atoms with Crippen LogP contribution >= 0.6 is 0 Å². The lowest BCUT2D eigenvalue weighted by Crippen LogP contribution is -2.45. The van der Waals surface area contributed by atoms with Gasteiger partial charge in [-0.15, -0.1) is 0 Å². The molecular formula is C20H22N2O5. The summed E-state index contributed by atoms with van der Waals surface area (Å²) in [4.78, 5) is 40.3. The number of nitrogens with one attached hydrogen (secondary N) is 1. The molecule has 2 rings (SSSR count). The van der Waals surface area contributed by atoms with Crippen molar-refractivity contribution in [3.63, 3.8) is 0 Å². The van der Waals surface area contributed by atoms with Crippen molar-refractivity contribution in [3.8, 4) is 0 Å². The number of amides is 1. The van der Waals surface area contributed by atoms with E-state index in [0.29, 0.717) is 0 Å². The first-order valence-corrected chi connectivity index (χ1v) is 8.42. The molecule has 0 unspecified atom stereocenters. The Kier molecular flexibility index (Phi) is 6.28. The van der Waals surface area contributed by atoms with Crippen molar-refractivity contribution in [2.75, 3.05) is 0 Å². The van der Waals surface area contributed by atoms with Crippen LogP contribution in [-0.2, 0) is 16.0 Å². The maximum absolute atomic E-state index is 12.6. The molecule has 1 atom stereocenters. The Balaban J connectivity index is 2.27. The van der Waals surface area contributed by atoms with Crippen LogP contribution in [0.3, 0.4) is 0 Å². The van der Waals surface area contributed by atoms with Crippen LogP contribution in [0.25, 0.3) is 0 Å². The molecule has 0 aliphatic rings. The van der Waals surface area contributed by atoms with Crippen LogP contribution in [0.1, 0.15) is 47.1 Å². The summed E-state index contributed by atoms with van der Waals surface area (Å²) in [5.74, 6) is -2.55. The minimum absolute atomic E-state index is 0.119. The average Bonchev–Trinajstić information content (AvgIpc) is 2.60. The molecule has 7 heteroatoms. The molecule has 1 aromatic heterocycles. The van der Waals surface area contributed by atoms with Gasteiger partial charge in [-0.1, -0.05) is 30.3 Å². The third-order valence-corrected chi connectivity index (χ3v) is 3.58. The number of aromatic nitrogens is 1. The number of rotatable bonds is 6. The van der Waals surface area contributed by atoms with Crippen molar-refractivity contribution in [3.05, 3.63) is 65.5 Å². The second-order valence-electron chi connectivity index (χ2n) is 6.98. The van der Waals surface area contributed by atoms with Gasteiger partial charge in [-0.25, -0.2) is 9.59 Å². The van der Waals surface area contributed by atoms with Crippen molar-refractivity contribution in [1.82, 2.24) is 10.3 Å². The molecule has 1 heterocycles. The van der Waals surface area contributed by atoms with Crippen LogP contribution < -0.4 is 5.32 Å². The van der Waals surface area contributed by atoms with Crippen LogP contribution in [-0.4, -0.2) is 39.6 Å². The van der Waals surface area contributed by atoms with Crippen LogP contribution in [0.4, 0.5) is 0 Å². The third-order valence-electron chi connectivity index (χ3n) is 3.58. The van der Waals surface area contributed by atoms with Gasteiger partial charge in [0.2, 0.25) is 0 Å². The van der Waals surface area contributed by atoms with Gasteiger partial charge in [0, 0.05) is 18.8 Å². The van der Waals surface area contributed by atoms with Gasteiger partial charge in [-0.3, -0.25) is 9.78 Å². The summed E-state index contributed by atoms with van der Waals surface area (Å²) in [7, 11) is 0. The fraction of sp³-hybridized carbons (Fsp3) is 0.300. The summed E-state index contributed by atoms with van der Waals surface area (Å²) in [6.07, 6.45) is 2.66. The van der Waals surface area contributed by atoms with Crippen molar-refractivity contribution >= 4 is 17.8 Å². The smallest absolute Gasteiger partial charge is 0.336 e. The topological polar surface area (TPSA) is 106 Å². The van der Waals surface area contributed by atoms with E-state index in [1.807, 2.05) is 30.3 Å². The molecule has 2 N–H and O–H groups in total. The lowest BCUT2D eigenvalue weighted by atomic mass is 10.0. The third kappa shape index (κ3) is 5.91. The van der Waals surface area contributed by atoms with E-state index < -0.39 is 29.5 Å². The maximum Gasteiger partial charge on any atom is 0.336 e. The Morgan fingerprint density at radius 1 is 1.11 bits per heavy atom. The number of carboxylic acid groups (broad SMARTS) is 1. The van der Waals surface area contributed by atoms with E-state index in [2.05, 4.69) is 10.3 Å². The highest BCUT2D eigenvalue weighted by atomic mass is 16.6. The SMILES string of the molecule is CC(C)(C)OC(=O)[C@@H](Cc1ccccc1)NC(=O)c1cnccc1C(=O)O. The molecule has 0 aliphatic heterocycles. The second-order valence-corrected chi connectivity index (χ2v) is 6.98. The van der Waals surface area contributed by atoms with Crippen molar-refractivity contribution < 1.29 is 24.2 Å². The van der Waals surface area contributed by atoms with Crippen molar-refractivity contribution in [2.24, 2.45) is 0 Å². The standard InChI is InChI=1S/C20H22N2O5/c1-20(2,3)27-19(26)16(11-13-7-5-4-6-8-13)22-17(23)15-12-21-10-9-14(15)18(24)25/h4-10,12,16H,11H2,1-3H3,(H,22,23)(H,24,25)/t16-/m1/s1. The molecule has 0 radical (unpaired) electrons. The van der Waals surface area contributed by atoms with Crippen molar-refractivity contribution in [1.29, 1.82) is 0 Å². The summed E-state index contributed by atoms with van der Waals surface area (Å²) in [6, 6.07) is 9.42. The Morgan fingerprint density at radius 2 is 1.78 bits per heavy atom. The number of pyridine rings is 1. The molecule has 0 saturated carbocycles. The number of nitrogens with zero attached hydrogens (tertiary/aromatic N) is 1. The van der Waals surface area contributed by atoms with Gasteiger partial charge in [-0.05, 0) is 32.4 Å². The number of aromatic carboxylic acids is 1. The molecule has 0 aliphatic carbocycles. The molecule has 7 nitrogen and oxygen atoms in total. The Hall–Kier alpha value is -3.22. The minimum atomic E-state index is -1.25. The van der Waals surface area contributed by atoms with Gasteiger partial charge in [0.15, 0.2) is 0 Å². The van der Waals surface area contributed by atoms with E-state index in [4.69, 9.17) is 4.74 Å². The predicted molar refractivity (Wildman–Crippen MR) is 98.4 cm³/mol. The highest BCUT2D eigenvalue weighted by molar-refractivity contribution is 6.05. The Bertz CT molecular complexity index is 828. The Labute approximate surface area is 157 Å². The van der Waals surface area contributed by atoms with Crippen LogP contribution in [0, 0.1) is 0 Å². The number of carboxylic acids is 1. The molecule has 142 valence electrons. The number of hydrogen-bond donors (Lipinski definition) is 2. The van der Waals surface area contributed by atoms with Crippen LogP contribution in [0.5, 0.6) is 0 Å². The first kappa shape index (κ1) is 20.1. The molecule has 0 bridgehead atoms. The normalized spacial score (nSPS) is 12.1. The number of hydrogen-bond acceptors (Lipinski definition) is 5. The van der Waals surface area contributed by atoms with E-state index >= 15 is 0 Å². The number of ether oxygens (including phenoxy) is 1. The molecule has 0 fully saturated rings. The minimum Gasteiger partial charge on any atom is -0.478 e. The van der Waals surface area contributed by atoms with E-state index in [0.717, 1.165) is 11.8 Å². The van der Waals surface area contributed by atoms with E-state index in [1.54, 1.807) is 20.8 Å². The predicted octanol–water partition coefficient (Wildman–Crippen LogP) is 2.46. The molecule has 2 aromatic rings. The highest BCUT2D eigenvalue weighted by Crippen LogP contribution is 2.13. The number of benzene rings is 1. The van der Waals surface area contributed by atoms with Gasteiger partial charge < -0.3 is 15.2 Å². The molecular weight excluding hydrogens is 348 g/mol. The number of esters is 1. The fourth-order valence-corrected chi connectivity index (χ4v) is 2.41. The lowest BCUT2D eigenvalue weighted by Gasteiger charge is -2.25. The first-order valence-electron chi connectivity index (χ1n) is 8.42. The van der Waals surface area contributed by atoms with Gasteiger partial charge in [0.1, 0.15) is 11.6 Å². The van der Waals surface area contributed by atoms with Crippen LogP contribution in [0.15, 0.2) is 48.8 Å². The average molecular weight is 370 g/mol. The van der Waals surface area contributed by atoms with Gasteiger partial charge in [0.05, 0.1) is 11.1 Å². The van der Waals surface area contributed by atoms with Gasteiger partial charge in [0.25, 0.3) is 5.91 Å². The maximum atomic E-state index is 12.6. The number of carbonyl (C=O) groups excluding carboxylic acids is 2. The zero-order valence-corrected chi connectivity index (χ0v) is 15.4. The van der Waals surface area contributed by atoms with E-state index in [1.165, 1.54) is 12.3 Å². The number of carbonyl (C=O) groups is 3. The largest absolute Gasteiger partial charge is 0.478 e. The summed E-state index contributed by atoms with van der Waals surface area (Å²) in [6.45, 7) is 5.20. The van der Waals surface area contributed by atoms with Gasteiger partial charge >= 0.3 is 11.9 Å². The molecule has 0 saturated heterocycles. The summed E-state index contributed by atoms with van der Waals surface area (Å²) in [5, 5.41) is 11.8. The molecule has 0 spiro atoms. The van der Waals surface area contributed by atoms with Crippen LogP contribution in [0.2, 0.25) is 0 Å². The van der Waals surface area contributed by atoms with E-state index in [9.17, 15) is 19.5 Å². The quantitative estimate of drug-likeness (QED) is 0.757. The monoisotopic (exact) mass is 370 g/mol. The van der Waals surface area contributed by atoms with E-state index in [-0.39, 0.29) is 17.5 Å².